The molecular formula is C15H17ClN4O2. The van der Waals surface area contributed by atoms with E-state index in [0.717, 1.165) is 5.56 Å². The van der Waals surface area contributed by atoms with Crippen molar-refractivity contribution >= 4 is 29.3 Å². The number of anilines is 2. The number of hydrogen-bond donors (Lipinski definition) is 2. The molecule has 0 aliphatic rings. The minimum absolute atomic E-state index is 0.0776. The molecule has 0 aliphatic heterocycles. The minimum Gasteiger partial charge on any atom is -0.461 e. The molecule has 0 amide bonds. The second-order valence-corrected chi connectivity index (χ2v) is 5.22. The van der Waals surface area contributed by atoms with E-state index in [0.29, 0.717) is 5.82 Å². The molecule has 0 aliphatic carbocycles. The molecule has 22 heavy (non-hydrogen) atoms. The number of aromatic nitrogens is 2. The van der Waals surface area contributed by atoms with Crippen LogP contribution in [0.25, 0.3) is 0 Å². The summed E-state index contributed by atoms with van der Waals surface area (Å²) in [6.45, 7) is 2.11. The Kier molecular flexibility index (Phi) is 5.55. The van der Waals surface area contributed by atoms with Crippen LogP contribution in [0.5, 0.6) is 0 Å². The lowest BCUT2D eigenvalue weighted by Crippen LogP contribution is -2.21. The van der Waals surface area contributed by atoms with Crippen LogP contribution in [0.2, 0.25) is 5.15 Å². The monoisotopic (exact) mass is 320 g/mol. The van der Waals surface area contributed by atoms with Gasteiger partial charge in [0.25, 0.3) is 0 Å². The molecule has 2 rings (SSSR count). The number of nitrogens with two attached hydrogens (primary N) is 1. The van der Waals surface area contributed by atoms with Crippen molar-refractivity contribution < 1.29 is 9.53 Å². The summed E-state index contributed by atoms with van der Waals surface area (Å²) in [6, 6.07) is 10.9. The molecule has 1 aromatic carbocycles. The van der Waals surface area contributed by atoms with Gasteiger partial charge in [0.05, 0.1) is 6.42 Å². The predicted octanol–water partition coefficient (Wildman–Crippen LogP) is 2.65. The summed E-state index contributed by atoms with van der Waals surface area (Å²) in [5.74, 6) is 0.256. The van der Waals surface area contributed by atoms with Crippen molar-refractivity contribution in [2.45, 2.75) is 26.0 Å². The van der Waals surface area contributed by atoms with E-state index in [1.807, 2.05) is 37.3 Å². The van der Waals surface area contributed by atoms with E-state index < -0.39 is 0 Å². The van der Waals surface area contributed by atoms with Crippen molar-refractivity contribution in [3.8, 4) is 0 Å². The van der Waals surface area contributed by atoms with Gasteiger partial charge in [-0.2, -0.15) is 4.98 Å². The largest absolute Gasteiger partial charge is 0.461 e. The third-order valence-electron chi connectivity index (χ3n) is 2.82. The molecule has 0 bridgehead atoms. The number of rotatable bonds is 6. The standard InChI is InChI=1S/C15H17ClN4O2/c1-10(18-13-8-12(16)19-15(17)20-13)7-14(21)22-9-11-5-3-2-4-6-11/h2-6,8,10H,7,9H2,1H3,(H3,17,18,19,20). The number of nitrogens with one attached hydrogen (secondary N) is 1. The van der Waals surface area contributed by atoms with Crippen molar-refractivity contribution in [3.63, 3.8) is 0 Å². The summed E-state index contributed by atoms with van der Waals surface area (Å²) in [5, 5.41) is 3.28. The van der Waals surface area contributed by atoms with Crippen molar-refractivity contribution in [1.82, 2.24) is 9.97 Å². The van der Waals surface area contributed by atoms with E-state index in [1.54, 1.807) is 6.07 Å². The van der Waals surface area contributed by atoms with E-state index in [2.05, 4.69) is 15.3 Å². The molecule has 3 N–H and O–H groups in total. The Hall–Kier alpha value is -2.34. The Morgan fingerprint density at radius 3 is 2.77 bits per heavy atom. The topological polar surface area (TPSA) is 90.1 Å². The maximum atomic E-state index is 11.8. The molecular weight excluding hydrogens is 304 g/mol. The number of carbonyl (C=O) groups excluding carboxylic acids is 1. The molecule has 2 aromatic rings. The number of carbonyl (C=O) groups is 1. The molecule has 116 valence electrons. The summed E-state index contributed by atoms with van der Waals surface area (Å²) < 4.78 is 5.22. The van der Waals surface area contributed by atoms with Crippen molar-refractivity contribution in [2.75, 3.05) is 11.1 Å². The van der Waals surface area contributed by atoms with Crippen LogP contribution < -0.4 is 11.1 Å². The Balaban J connectivity index is 1.81. The number of ether oxygens (including phenoxy) is 1. The van der Waals surface area contributed by atoms with Crippen LogP contribution in [-0.4, -0.2) is 22.0 Å². The highest BCUT2D eigenvalue weighted by Crippen LogP contribution is 2.14. The van der Waals surface area contributed by atoms with Gasteiger partial charge >= 0.3 is 5.97 Å². The summed E-state index contributed by atoms with van der Waals surface area (Å²) >= 11 is 5.79. The van der Waals surface area contributed by atoms with Gasteiger partial charge in [-0.1, -0.05) is 41.9 Å². The van der Waals surface area contributed by atoms with Gasteiger partial charge in [-0.05, 0) is 12.5 Å². The number of nitrogens with zero attached hydrogens (tertiary/aromatic N) is 2. The Morgan fingerprint density at radius 1 is 1.36 bits per heavy atom. The zero-order valence-corrected chi connectivity index (χ0v) is 12.9. The second kappa shape index (κ2) is 7.61. The first-order valence-electron chi connectivity index (χ1n) is 6.79. The highest BCUT2D eigenvalue weighted by molar-refractivity contribution is 6.29. The SMILES string of the molecule is CC(CC(=O)OCc1ccccc1)Nc1cc(Cl)nc(N)n1. The summed E-state index contributed by atoms with van der Waals surface area (Å²) in [7, 11) is 0. The molecule has 7 heteroatoms. The lowest BCUT2D eigenvalue weighted by molar-refractivity contribution is -0.145. The Morgan fingerprint density at radius 2 is 2.09 bits per heavy atom. The highest BCUT2D eigenvalue weighted by atomic mass is 35.5. The lowest BCUT2D eigenvalue weighted by Gasteiger charge is -2.14. The average Bonchev–Trinajstić information content (AvgIpc) is 2.45. The zero-order chi connectivity index (χ0) is 15.9. The van der Waals surface area contributed by atoms with Gasteiger partial charge in [-0.3, -0.25) is 4.79 Å². The Labute approximate surface area is 133 Å². The van der Waals surface area contributed by atoms with Crippen molar-refractivity contribution in [3.05, 3.63) is 47.1 Å². The van der Waals surface area contributed by atoms with Crippen LogP contribution in [0.1, 0.15) is 18.9 Å². The van der Waals surface area contributed by atoms with Crippen molar-refractivity contribution in [1.29, 1.82) is 0 Å². The number of halogens is 1. The van der Waals surface area contributed by atoms with Gasteiger partial charge in [0.1, 0.15) is 17.6 Å². The first kappa shape index (κ1) is 16.0. The van der Waals surface area contributed by atoms with Crippen LogP contribution in [0, 0.1) is 0 Å². The van der Waals surface area contributed by atoms with Gasteiger partial charge in [-0.15, -0.1) is 0 Å². The van der Waals surface area contributed by atoms with Crippen LogP contribution >= 0.6 is 11.6 Å². The normalized spacial score (nSPS) is 11.7. The number of benzene rings is 1. The Bertz CT molecular complexity index is 616. The third-order valence-corrected chi connectivity index (χ3v) is 3.02. The molecule has 0 spiro atoms. The fraction of sp³-hybridized carbons (Fsp3) is 0.267. The van der Waals surface area contributed by atoms with E-state index in [4.69, 9.17) is 22.1 Å². The number of nitrogen functional groups attached to an aromatic ring is 1. The summed E-state index contributed by atoms with van der Waals surface area (Å²) in [5.41, 5.74) is 6.46. The molecule has 0 radical (unpaired) electrons. The zero-order valence-electron chi connectivity index (χ0n) is 12.1. The quantitative estimate of drug-likeness (QED) is 0.628. The maximum absolute atomic E-state index is 11.8. The fourth-order valence-electron chi connectivity index (χ4n) is 1.86. The first-order chi connectivity index (χ1) is 10.5. The van der Waals surface area contributed by atoms with E-state index >= 15 is 0 Å². The van der Waals surface area contributed by atoms with Crippen LogP contribution in [0.4, 0.5) is 11.8 Å². The van der Waals surface area contributed by atoms with E-state index in [9.17, 15) is 4.79 Å². The number of esters is 1. The fourth-order valence-corrected chi connectivity index (χ4v) is 2.05. The van der Waals surface area contributed by atoms with Gasteiger partial charge in [0.2, 0.25) is 5.95 Å². The molecule has 1 aromatic heterocycles. The van der Waals surface area contributed by atoms with Crippen molar-refractivity contribution in [2.24, 2.45) is 0 Å². The van der Waals surface area contributed by atoms with Crippen LogP contribution in [0.3, 0.4) is 0 Å². The first-order valence-corrected chi connectivity index (χ1v) is 7.17. The highest BCUT2D eigenvalue weighted by Gasteiger charge is 2.12. The molecule has 0 saturated heterocycles. The predicted molar refractivity (Wildman–Crippen MR) is 85.4 cm³/mol. The smallest absolute Gasteiger partial charge is 0.308 e. The molecule has 1 heterocycles. The molecule has 1 atom stereocenters. The summed E-state index contributed by atoms with van der Waals surface area (Å²) in [6.07, 6.45) is 0.203. The second-order valence-electron chi connectivity index (χ2n) is 4.83. The van der Waals surface area contributed by atoms with Gasteiger partial charge < -0.3 is 15.8 Å². The maximum Gasteiger partial charge on any atom is 0.308 e. The minimum atomic E-state index is -0.294. The van der Waals surface area contributed by atoms with Crippen LogP contribution in [-0.2, 0) is 16.1 Å². The van der Waals surface area contributed by atoms with E-state index in [-0.39, 0.29) is 36.1 Å². The van der Waals surface area contributed by atoms with E-state index in [1.165, 1.54) is 0 Å². The average molecular weight is 321 g/mol. The molecule has 0 saturated carbocycles. The van der Waals surface area contributed by atoms with Gasteiger partial charge in [0.15, 0.2) is 0 Å². The molecule has 6 nitrogen and oxygen atoms in total. The molecule has 1 unspecified atom stereocenters. The lowest BCUT2D eigenvalue weighted by atomic mass is 10.2. The number of hydrogen-bond acceptors (Lipinski definition) is 6. The summed E-state index contributed by atoms with van der Waals surface area (Å²) in [4.78, 5) is 19.6. The third kappa shape index (κ3) is 5.21. The van der Waals surface area contributed by atoms with Gasteiger partial charge in [0, 0.05) is 12.1 Å². The van der Waals surface area contributed by atoms with Gasteiger partial charge in [-0.25, -0.2) is 4.98 Å². The van der Waals surface area contributed by atoms with Crippen LogP contribution in [0.15, 0.2) is 36.4 Å². The molecule has 0 fully saturated rings.